The maximum atomic E-state index is 12.8. The van der Waals surface area contributed by atoms with Crippen LogP contribution in [0.4, 0.5) is 0 Å². The van der Waals surface area contributed by atoms with E-state index in [1.807, 2.05) is 23.1 Å². The highest BCUT2D eigenvalue weighted by Crippen LogP contribution is 2.38. The van der Waals surface area contributed by atoms with Crippen LogP contribution in [-0.2, 0) is 14.3 Å². The lowest BCUT2D eigenvalue weighted by molar-refractivity contribution is -0.141. The Morgan fingerprint density at radius 2 is 1.89 bits per heavy atom. The van der Waals surface area contributed by atoms with Crippen molar-refractivity contribution in [2.24, 2.45) is 5.92 Å². The molecule has 1 aromatic carbocycles. The molecule has 2 aliphatic heterocycles. The average molecular weight is 408 g/mol. The van der Waals surface area contributed by atoms with Gasteiger partial charge in [-0.2, -0.15) is 0 Å². The van der Waals surface area contributed by atoms with Gasteiger partial charge in [0, 0.05) is 24.0 Å². The second-order valence-corrected chi connectivity index (χ2v) is 8.59. The Kier molecular flexibility index (Phi) is 6.76. The molecule has 1 aromatic rings. The number of likely N-dealkylation sites (tertiary alicyclic amines) is 1. The van der Waals surface area contributed by atoms with Crippen LogP contribution in [0.15, 0.2) is 18.2 Å². The number of halogens is 1. The van der Waals surface area contributed by atoms with E-state index in [0.717, 1.165) is 35.7 Å². The van der Waals surface area contributed by atoms with Crippen LogP contribution in [0.2, 0.25) is 5.02 Å². The van der Waals surface area contributed by atoms with Crippen LogP contribution in [0.25, 0.3) is 0 Å². The first kappa shape index (κ1) is 20.0. The minimum Gasteiger partial charge on any atom is -0.483 e. The molecule has 1 saturated carbocycles. The highest BCUT2D eigenvalue weighted by molar-refractivity contribution is 6.30. The highest BCUT2D eigenvalue weighted by Gasteiger charge is 2.33. The van der Waals surface area contributed by atoms with Gasteiger partial charge in [0.1, 0.15) is 5.75 Å². The Bertz CT molecular complexity index is 671. The third-order valence-corrected chi connectivity index (χ3v) is 6.45. The van der Waals surface area contributed by atoms with E-state index in [0.29, 0.717) is 25.7 Å². The Morgan fingerprint density at radius 1 is 1.11 bits per heavy atom. The van der Waals surface area contributed by atoms with Gasteiger partial charge in [0.2, 0.25) is 0 Å². The summed E-state index contributed by atoms with van der Waals surface area (Å²) in [5.41, 5.74) is 1.16. The second-order valence-electron chi connectivity index (χ2n) is 8.16. The molecule has 1 atom stereocenters. The summed E-state index contributed by atoms with van der Waals surface area (Å²) < 4.78 is 17.3. The van der Waals surface area contributed by atoms with E-state index in [9.17, 15) is 4.79 Å². The van der Waals surface area contributed by atoms with E-state index in [4.69, 9.17) is 25.8 Å². The minimum absolute atomic E-state index is 0.0345. The van der Waals surface area contributed by atoms with Gasteiger partial charge in [0.05, 0.1) is 13.2 Å². The molecule has 4 rings (SSSR count). The lowest BCUT2D eigenvalue weighted by Crippen LogP contribution is -2.45. The highest BCUT2D eigenvalue weighted by atomic mass is 35.5. The molecule has 28 heavy (non-hydrogen) atoms. The number of rotatable bonds is 5. The number of benzene rings is 1. The third-order valence-electron chi connectivity index (χ3n) is 6.21. The van der Waals surface area contributed by atoms with Crippen LogP contribution >= 0.6 is 11.6 Å². The maximum absolute atomic E-state index is 12.8. The van der Waals surface area contributed by atoms with Crippen LogP contribution < -0.4 is 4.74 Å². The molecule has 2 heterocycles. The lowest BCUT2D eigenvalue weighted by Gasteiger charge is -2.34. The van der Waals surface area contributed by atoms with Crippen LogP contribution in [0, 0.1) is 5.92 Å². The molecule has 1 aliphatic carbocycles. The van der Waals surface area contributed by atoms with E-state index in [-0.39, 0.29) is 24.7 Å². The number of nitrogens with zero attached hydrogens (tertiary/aromatic N) is 1. The second kappa shape index (κ2) is 9.47. The number of hydrogen-bond donors (Lipinski definition) is 0. The van der Waals surface area contributed by atoms with Crippen LogP contribution in [0.3, 0.4) is 0 Å². The number of hydrogen-bond acceptors (Lipinski definition) is 4. The summed E-state index contributed by atoms with van der Waals surface area (Å²) in [7, 11) is 0. The molecule has 0 spiro atoms. The molecule has 5 nitrogen and oxygen atoms in total. The fraction of sp³-hybridized carbons (Fsp3) is 0.682. The normalized spacial score (nSPS) is 24.5. The van der Waals surface area contributed by atoms with Crippen molar-refractivity contribution in [3.63, 3.8) is 0 Å². The number of piperidine rings is 1. The molecule has 3 fully saturated rings. The number of carbonyl (C=O) groups is 1. The van der Waals surface area contributed by atoms with E-state index >= 15 is 0 Å². The van der Waals surface area contributed by atoms with Gasteiger partial charge < -0.3 is 19.1 Å². The van der Waals surface area contributed by atoms with Crippen molar-refractivity contribution in [1.29, 1.82) is 0 Å². The van der Waals surface area contributed by atoms with E-state index in [2.05, 4.69) is 0 Å². The largest absolute Gasteiger partial charge is 0.483 e. The predicted molar refractivity (Wildman–Crippen MR) is 108 cm³/mol. The SMILES string of the molecule is O=C(COc1ccc(Cl)cc1C1CCCCC1)N1CCCC(C2OCCO2)C1. The van der Waals surface area contributed by atoms with E-state index < -0.39 is 0 Å². The van der Waals surface area contributed by atoms with E-state index in [1.165, 1.54) is 32.1 Å². The summed E-state index contributed by atoms with van der Waals surface area (Å²) in [6, 6.07) is 5.78. The summed E-state index contributed by atoms with van der Waals surface area (Å²) in [5, 5.41) is 0.731. The van der Waals surface area contributed by atoms with Gasteiger partial charge in [0.25, 0.3) is 5.91 Å². The average Bonchev–Trinajstić information content (AvgIpc) is 3.28. The topological polar surface area (TPSA) is 48.0 Å². The Balaban J connectivity index is 1.36. The molecule has 0 radical (unpaired) electrons. The Morgan fingerprint density at radius 3 is 2.68 bits per heavy atom. The van der Waals surface area contributed by atoms with Gasteiger partial charge in [-0.1, -0.05) is 30.9 Å². The zero-order valence-corrected chi connectivity index (χ0v) is 17.2. The Labute approximate surface area is 172 Å². The zero-order chi connectivity index (χ0) is 19.3. The molecule has 1 amide bonds. The first-order valence-corrected chi connectivity index (χ1v) is 11.0. The van der Waals surface area contributed by atoms with Gasteiger partial charge in [-0.3, -0.25) is 4.79 Å². The molecule has 154 valence electrons. The minimum atomic E-state index is -0.161. The number of amides is 1. The fourth-order valence-electron chi connectivity index (χ4n) is 4.72. The van der Waals surface area contributed by atoms with Gasteiger partial charge in [-0.25, -0.2) is 0 Å². The summed E-state index contributed by atoms with van der Waals surface area (Å²) in [5.74, 6) is 1.58. The molecular formula is C22H30ClNO4. The van der Waals surface area contributed by atoms with Crippen molar-refractivity contribution in [1.82, 2.24) is 4.90 Å². The van der Waals surface area contributed by atoms with Crippen LogP contribution in [0.1, 0.15) is 56.4 Å². The molecule has 0 N–H and O–H groups in total. The molecular weight excluding hydrogens is 378 g/mol. The van der Waals surface area contributed by atoms with Gasteiger partial charge >= 0.3 is 0 Å². The van der Waals surface area contributed by atoms with Gasteiger partial charge in [0.15, 0.2) is 12.9 Å². The van der Waals surface area contributed by atoms with Crippen molar-refractivity contribution in [3.8, 4) is 5.75 Å². The van der Waals surface area contributed by atoms with Crippen LogP contribution in [-0.4, -0.2) is 50.0 Å². The van der Waals surface area contributed by atoms with Crippen molar-refractivity contribution < 1.29 is 19.0 Å². The summed E-state index contributed by atoms with van der Waals surface area (Å²) in [6.07, 6.45) is 7.99. The molecule has 3 aliphatic rings. The van der Waals surface area contributed by atoms with Crippen LogP contribution in [0.5, 0.6) is 5.75 Å². The van der Waals surface area contributed by atoms with Crippen molar-refractivity contribution in [2.75, 3.05) is 32.9 Å². The zero-order valence-electron chi connectivity index (χ0n) is 16.4. The number of ether oxygens (including phenoxy) is 3. The monoisotopic (exact) mass is 407 g/mol. The molecule has 0 aromatic heterocycles. The molecule has 0 bridgehead atoms. The van der Waals surface area contributed by atoms with Crippen molar-refractivity contribution in [3.05, 3.63) is 28.8 Å². The smallest absolute Gasteiger partial charge is 0.260 e. The number of carbonyl (C=O) groups excluding carboxylic acids is 1. The summed E-state index contributed by atoms with van der Waals surface area (Å²) in [6.45, 7) is 2.84. The predicted octanol–water partition coefficient (Wildman–Crippen LogP) is 4.38. The standard InChI is InChI=1S/C22H30ClNO4/c23-18-8-9-20(19(13-18)16-5-2-1-3-6-16)28-15-21(25)24-10-4-7-17(14-24)22-26-11-12-27-22/h8-9,13,16-17,22H,1-7,10-12,14-15H2. The maximum Gasteiger partial charge on any atom is 0.260 e. The molecule has 2 saturated heterocycles. The molecule has 1 unspecified atom stereocenters. The first-order valence-electron chi connectivity index (χ1n) is 10.6. The quantitative estimate of drug-likeness (QED) is 0.726. The van der Waals surface area contributed by atoms with Crippen molar-refractivity contribution >= 4 is 17.5 Å². The fourth-order valence-corrected chi connectivity index (χ4v) is 4.90. The summed E-state index contributed by atoms with van der Waals surface area (Å²) in [4.78, 5) is 14.7. The molecule has 6 heteroatoms. The lowest BCUT2D eigenvalue weighted by atomic mass is 9.84. The van der Waals surface area contributed by atoms with E-state index in [1.54, 1.807) is 0 Å². The van der Waals surface area contributed by atoms with Gasteiger partial charge in [-0.15, -0.1) is 0 Å². The van der Waals surface area contributed by atoms with Gasteiger partial charge in [-0.05, 0) is 55.4 Å². The van der Waals surface area contributed by atoms with Crippen molar-refractivity contribution in [2.45, 2.75) is 57.2 Å². The first-order chi connectivity index (χ1) is 13.7. The summed E-state index contributed by atoms with van der Waals surface area (Å²) >= 11 is 6.24. The Hall–Kier alpha value is -1.30. The third kappa shape index (κ3) is 4.81.